The van der Waals surface area contributed by atoms with E-state index in [0.29, 0.717) is 27.6 Å². The Morgan fingerprint density at radius 1 is 1.31 bits per heavy atom. The second kappa shape index (κ2) is 10.8. The van der Waals surface area contributed by atoms with E-state index >= 15 is 0 Å². The average molecular weight is 433 g/mol. The van der Waals surface area contributed by atoms with Crippen LogP contribution in [-0.4, -0.2) is 60.4 Å². The fourth-order valence-electron chi connectivity index (χ4n) is 3.46. The summed E-state index contributed by atoms with van der Waals surface area (Å²) in [5, 5.41) is 4.68. The third kappa shape index (κ3) is 5.87. The van der Waals surface area contributed by atoms with E-state index in [0.717, 1.165) is 25.3 Å². The van der Waals surface area contributed by atoms with Gasteiger partial charge in [0.25, 0.3) is 0 Å². The predicted octanol–water partition coefficient (Wildman–Crippen LogP) is 4.17. The molecule has 1 unspecified atom stereocenters. The number of ether oxygens (including phenoxy) is 1. The maximum atomic E-state index is 12.6. The van der Waals surface area contributed by atoms with Gasteiger partial charge in [-0.25, -0.2) is 14.8 Å². The van der Waals surface area contributed by atoms with Crippen LogP contribution in [0.3, 0.4) is 0 Å². The zero-order valence-electron chi connectivity index (χ0n) is 17.2. The lowest BCUT2D eigenvalue weighted by Crippen LogP contribution is -2.27. The molecule has 8 heteroatoms. The average Bonchev–Trinajstić information content (AvgIpc) is 3.16. The van der Waals surface area contributed by atoms with Crippen LogP contribution in [0.2, 0.25) is 0 Å². The van der Waals surface area contributed by atoms with Gasteiger partial charge in [-0.3, -0.25) is 0 Å². The highest BCUT2D eigenvalue weighted by Gasteiger charge is 2.24. The Kier molecular flexibility index (Phi) is 8.20. The molecule has 156 valence electrons. The molecular formula is C21H28N4O2S2. The molecule has 1 fully saturated rings. The molecule has 0 spiro atoms. The van der Waals surface area contributed by atoms with E-state index < -0.39 is 5.97 Å². The second-order valence-corrected chi connectivity index (χ2v) is 8.73. The van der Waals surface area contributed by atoms with Crippen LogP contribution in [0.4, 0.5) is 5.82 Å². The molecule has 1 aromatic heterocycles. The number of carbonyl (C=O) groups excluding carboxylic acids is 1. The van der Waals surface area contributed by atoms with Crippen molar-refractivity contribution in [1.82, 2.24) is 14.9 Å². The highest BCUT2D eigenvalue weighted by Crippen LogP contribution is 2.31. The van der Waals surface area contributed by atoms with E-state index in [1.165, 1.54) is 49.0 Å². The van der Waals surface area contributed by atoms with Gasteiger partial charge < -0.3 is 15.0 Å². The molecule has 0 saturated carbocycles. The number of hydrogen-bond donors (Lipinski definition) is 1. The standard InChI is InChI=1S/C21H28N4O2S2/c1-25-13-7-10-16(25)11-12-22-18-17(20(26)27-2)19(24-21(23-18)28-3)29-14-15-8-5-4-6-9-15/h4-6,8-9,16H,7,10-14H2,1-3H3,(H,22,23,24). The van der Waals surface area contributed by atoms with Crippen LogP contribution in [0, 0.1) is 0 Å². The predicted molar refractivity (Wildman–Crippen MR) is 120 cm³/mol. The maximum absolute atomic E-state index is 12.6. The first-order valence-electron chi connectivity index (χ1n) is 9.77. The minimum absolute atomic E-state index is 0.409. The number of nitrogens with one attached hydrogen (secondary N) is 1. The lowest BCUT2D eigenvalue weighted by Gasteiger charge is -2.20. The summed E-state index contributed by atoms with van der Waals surface area (Å²) >= 11 is 3.00. The van der Waals surface area contributed by atoms with E-state index in [1.807, 2.05) is 24.5 Å². The van der Waals surface area contributed by atoms with Gasteiger partial charge in [0.2, 0.25) is 0 Å². The van der Waals surface area contributed by atoms with Crippen LogP contribution in [0.15, 0.2) is 40.5 Å². The summed E-state index contributed by atoms with van der Waals surface area (Å²) in [5.74, 6) is 0.878. The number of nitrogens with zero attached hydrogens (tertiary/aromatic N) is 3. The molecule has 1 atom stereocenters. The molecule has 1 aliphatic heterocycles. The van der Waals surface area contributed by atoms with Crippen LogP contribution in [0.5, 0.6) is 0 Å². The van der Waals surface area contributed by atoms with Gasteiger partial charge in [0.05, 0.1) is 7.11 Å². The molecular weight excluding hydrogens is 404 g/mol. The zero-order chi connectivity index (χ0) is 20.6. The summed E-state index contributed by atoms with van der Waals surface area (Å²) in [6, 6.07) is 10.7. The molecule has 0 radical (unpaired) electrons. The molecule has 2 aromatic rings. The van der Waals surface area contributed by atoms with Gasteiger partial charge in [0, 0.05) is 18.3 Å². The highest BCUT2D eigenvalue weighted by atomic mass is 32.2. The second-order valence-electron chi connectivity index (χ2n) is 7.00. The summed E-state index contributed by atoms with van der Waals surface area (Å²) in [6.45, 7) is 1.91. The third-order valence-electron chi connectivity index (χ3n) is 5.09. The number of aromatic nitrogens is 2. The van der Waals surface area contributed by atoms with E-state index in [9.17, 15) is 4.79 Å². The molecule has 0 bridgehead atoms. The summed E-state index contributed by atoms with van der Waals surface area (Å²) in [6.07, 6.45) is 5.43. The van der Waals surface area contributed by atoms with Crippen molar-refractivity contribution in [3.8, 4) is 0 Å². The highest BCUT2D eigenvalue weighted by molar-refractivity contribution is 7.99. The van der Waals surface area contributed by atoms with E-state index in [2.05, 4.69) is 39.4 Å². The monoisotopic (exact) mass is 432 g/mol. The SMILES string of the molecule is COC(=O)c1c(NCCC2CCCN2C)nc(SC)nc1SCc1ccccc1. The maximum Gasteiger partial charge on any atom is 0.344 e. The first kappa shape index (κ1) is 21.9. The van der Waals surface area contributed by atoms with Gasteiger partial charge in [0.15, 0.2) is 5.16 Å². The van der Waals surface area contributed by atoms with Crippen molar-refractivity contribution >= 4 is 35.3 Å². The van der Waals surface area contributed by atoms with Crippen LogP contribution < -0.4 is 5.32 Å². The molecule has 2 heterocycles. The number of esters is 1. The minimum atomic E-state index is -0.409. The van der Waals surface area contributed by atoms with Gasteiger partial charge in [0.1, 0.15) is 16.4 Å². The Morgan fingerprint density at radius 2 is 2.10 bits per heavy atom. The van der Waals surface area contributed by atoms with E-state index in [4.69, 9.17) is 4.74 Å². The third-order valence-corrected chi connectivity index (χ3v) is 6.68. The lowest BCUT2D eigenvalue weighted by molar-refractivity contribution is 0.0596. The molecule has 0 aliphatic carbocycles. The van der Waals surface area contributed by atoms with Gasteiger partial charge in [-0.1, -0.05) is 42.1 Å². The molecule has 6 nitrogen and oxygen atoms in total. The molecule has 29 heavy (non-hydrogen) atoms. The Morgan fingerprint density at radius 3 is 2.76 bits per heavy atom. The molecule has 1 aromatic carbocycles. The van der Waals surface area contributed by atoms with Crippen molar-refractivity contribution in [1.29, 1.82) is 0 Å². The van der Waals surface area contributed by atoms with Crippen LogP contribution in [-0.2, 0) is 10.5 Å². The van der Waals surface area contributed by atoms with Crippen molar-refractivity contribution in [2.24, 2.45) is 0 Å². The van der Waals surface area contributed by atoms with Gasteiger partial charge >= 0.3 is 5.97 Å². The number of likely N-dealkylation sites (tertiary alicyclic amines) is 1. The van der Waals surface area contributed by atoms with Gasteiger partial charge in [-0.15, -0.1) is 11.8 Å². The van der Waals surface area contributed by atoms with Crippen LogP contribution in [0.25, 0.3) is 0 Å². The fourth-order valence-corrected chi connectivity index (χ4v) is 4.85. The summed E-state index contributed by atoms with van der Waals surface area (Å²) in [5.41, 5.74) is 1.60. The number of methoxy groups -OCH3 is 1. The number of benzene rings is 1. The topological polar surface area (TPSA) is 67.3 Å². The summed E-state index contributed by atoms with van der Waals surface area (Å²) < 4.78 is 5.05. The van der Waals surface area contributed by atoms with Crippen LogP contribution >= 0.6 is 23.5 Å². The summed E-state index contributed by atoms with van der Waals surface area (Å²) in [7, 11) is 3.57. The number of thioether (sulfide) groups is 2. The van der Waals surface area contributed by atoms with Crippen LogP contribution in [0.1, 0.15) is 35.2 Å². The molecule has 1 saturated heterocycles. The number of anilines is 1. The Labute approximate surface area is 181 Å². The Hall–Kier alpha value is -1.77. The lowest BCUT2D eigenvalue weighted by atomic mass is 10.1. The van der Waals surface area contributed by atoms with Gasteiger partial charge in [-0.2, -0.15) is 0 Å². The minimum Gasteiger partial charge on any atom is -0.465 e. The smallest absolute Gasteiger partial charge is 0.344 e. The van der Waals surface area contributed by atoms with Crippen molar-refractivity contribution in [2.75, 3.05) is 38.8 Å². The molecule has 0 amide bonds. The first-order valence-corrected chi connectivity index (χ1v) is 12.0. The molecule has 3 rings (SSSR count). The van der Waals surface area contributed by atoms with Crippen molar-refractivity contribution in [2.45, 2.75) is 41.2 Å². The van der Waals surface area contributed by atoms with Crippen molar-refractivity contribution in [3.63, 3.8) is 0 Å². The number of carbonyl (C=O) groups is 1. The summed E-state index contributed by atoms with van der Waals surface area (Å²) in [4.78, 5) is 24.1. The molecule has 1 N–H and O–H groups in total. The largest absolute Gasteiger partial charge is 0.465 e. The number of rotatable bonds is 9. The zero-order valence-corrected chi connectivity index (χ0v) is 18.8. The van der Waals surface area contributed by atoms with E-state index in [1.54, 1.807) is 0 Å². The molecule has 1 aliphatic rings. The van der Waals surface area contributed by atoms with Crippen molar-refractivity contribution < 1.29 is 9.53 Å². The first-order chi connectivity index (χ1) is 14.1. The Balaban J connectivity index is 1.79. The normalized spacial score (nSPS) is 16.7. The van der Waals surface area contributed by atoms with Gasteiger partial charge in [-0.05, 0) is 44.7 Å². The van der Waals surface area contributed by atoms with Crippen molar-refractivity contribution in [3.05, 3.63) is 41.5 Å². The Bertz CT molecular complexity index is 820. The number of hydrogen-bond acceptors (Lipinski definition) is 8. The quantitative estimate of drug-likeness (QED) is 0.274. The fraction of sp³-hybridized carbons (Fsp3) is 0.476. The van der Waals surface area contributed by atoms with E-state index in [-0.39, 0.29) is 0 Å².